The van der Waals surface area contributed by atoms with Crippen molar-refractivity contribution >= 4 is 56.0 Å². The van der Waals surface area contributed by atoms with Gasteiger partial charge in [-0.2, -0.15) is 0 Å². The Morgan fingerprint density at radius 1 is 1.09 bits per heavy atom. The Kier molecular flexibility index (Phi) is 7.33. The maximum Gasteiger partial charge on any atom is 0.349 e. The Labute approximate surface area is 196 Å². The van der Waals surface area contributed by atoms with Crippen LogP contribution in [0.1, 0.15) is 27.9 Å². The first-order chi connectivity index (χ1) is 14.8. The second-order valence-electron chi connectivity index (χ2n) is 8.02. The van der Waals surface area contributed by atoms with E-state index in [2.05, 4.69) is 17.0 Å². The van der Waals surface area contributed by atoms with Gasteiger partial charge in [0.25, 0.3) is 5.91 Å². The zero-order valence-corrected chi connectivity index (χ0v) is 20.2. The van der Waals surface area contributed by atoms with E-state index in [4.69, 9.17) is 9.40 Å². The number of hydrogen-bond donors (Lipinski definition) is 0. The number of rotatable bonds is 6. The molecule has 0 atom stereocenters. The summed E-state index contributed by atoms with van der Waals surface area (Å²) < 4.78 is 6.44. The van der Waals surface area contributed by atoms with Gasteiger partial charge in [0.15, 0.2) is 5.13 Å². The summed E-state index contributed by atoms with van der Waals surface area (Å²) in [4.78, 5) is 34.6. The normalized spacial score (nSPS) is 11.2. The molecule has 1 amide bonds. The van der Waals surface area contributed by atoms with E-state index in [0.29, 0.717) is 17.3 Å². The molecule has 0 bridgehead atoms. The van der Waals surface area contributed by atoms with E-state index in [1.54, 1.807) is 23.1 Å². The molecule has 0 fully saturated rings. The van der Waals surface area contributed by atoms with Crippen LogP contribution in [0, 0.1) is 13.8 Å². The maximum absolute atomic E-state index is 13.5. The number of amides is 1. The monoisotopic (exact) mass is 471 g/mol. The highest BCUT2D eigenvalue weighted by Gasteiger charge is 2.25. The van der Waals surface area contributed by atoms with Crippen molar-refractivity contribution in [2.45, 2.75) is 20.3 Å². The number of carbonyl (C=O) groups is 1. The Morgan fingerprint density at radius 2 is 1.84 bits per heavy atom. The van der Waals surface area contributed by atoms with Gasteiger partial charge < -0.3 is 9.32 Å². The summed E-state index contributed by atoms with van der Waals surface area (Å²) in [5, 5.41) is 1.31. The molecule has 0 N–H and O–H groups in total. The molecule has 4 aromatic rings. The molecule has 0 spiro atoms. The number of hydrogen-bond acceptors (Lipinski definition) is 6. The minimum absolute atomic E-state index is 0. The van der Waals surface area contributed by atoms with Crippen LogP contribution >= 0.6 is 23.7 Å². The van der Waals surface area contributed by atoms with Gasteiger partial charge in [-0.25, -0.2) is 9.78 Å². The van der Waals surface area contributed by atoms with Gasteiger partial charge >= 0.3 is 5.63 Å². The molecule has 0 saturated carbocycles. The van der Waals surface area contributed by atoms with E-state index in [1.807, 2.05) is 40.1 Å². The maximum atomic E-state index is 13.5. The van der Waals surface area contributed by atoms with Gasteiger partial charge in [-0.05, 0) is 70.2 Å². The van der Waals surface area contributed by atoms with Crippen molar-refractivity contribution in [3.8, 4) is 0 Å². The summed E-state index contributed by atoms with van der Waals surface area (Å²) in [5.74, 6) is -0.383. The van der Waals surface area contributed by atoms with Crippen LogP contribution in [0.4, 0.5) is 5.13 Å². The van der Waals surface area contributed by atoms with E-state index < -0.39 is 5.63 Å². The van der Waals surface area contributed by atoms with Gasteiger partial charge in [-0.3, -0.25) is 9.69 Å². The Balaban J connectivity index is 0.00000289. The van der Waals surface area contributed by atoms with Gasteiger partial charge in [0.2, 0.25) is 0 Å². The number of aryl methyl sites for hydroxylation is 2. The summed E-state index contributed by atoms with van der Waals surface area (Å²) in [6.45, 7) is 5.35. The fourth-order valence-electron chi connectivity index (χ4n) is 3.66. The lowest BCUT2D eigenvalue weighted by molar-refractivity contribution is 0.0982. The third-order valence-corrected chi connectivity index (χ3v) is 6.18. The largest absolute Gasteiger partial charge is 0.422 e. The van der Waals surface area contributed by atoms with Gasteiger partial charge in [0, 0.05) is 11.9 Å². The zero-order chi connectivity index (χ0) is 22.1. The first-order valence-corrected chi connectivity index (χ1v) is 11.0. The van der Waals surface area contributed by atoms with Crippen LogP contribution in [0.15, 0.2) is 51.7 Å². The van der Waals surface area contributed by atoms with Crippen molar-refractivity contribution in [1.29, 1.82) is 0 Å². The lowest BCUT2D eigenvalue weighted by Crippen LogP contribution is -2.36. The molecule has 2 aromatic carbocycles. The molecule has 168 valence electrons. The van der Waals surface area contributed by atoms with Crippen LogP contribution < -0.4 is 10.5 Å². The van der Waals surface area contributed by atoms with Crippen molar-refractivity contribution in [2.75, 3.05) is 32.1 Å². The summed E-state index contributed by atoms with van der Waals surface area (Å²) in [6, 6.07) is 13.0. The Bertz CT molecular complexity index is 1330. The molecule has 8 heteroatoms. The highest BCUT2D eigenvalue weighted by atomic mass is 35.5. The smallest absolute Gasteiger partial charge is 0.349 e. The molecular formula is C24H26ClN3O3S. The molecule has 0 aliphatic heterocycles. The number of thiazole rings is 1. The molecule has 0 aliphatic rings. The third kappa shape index (κ3) is 4.85. The van der Waals surface area contributed by atoms with Crippen molar-refractivity contribution in [2.24, 2.45) is 0 Å². The van der Waals surface area contributed by atoms with E-state index in [0.717, 1.165) is 39.7 Å². The van der Waals surface area contributed by atoms with E-state index in [-0.39, 0.29) is 23.9 Å². The predicted octanol–water partition coefficient (Wildman–Crippen LogP) is 5.04. The van der Waals surface area contributed by atoms with E-state index in [9.17, 15) is 9.59 Å². The zero-order valence-electron chi connectivity index (χ0n) is 18.5. The number of halogens is 1. The van der Waals surface area contributed by atoms with Crippen molar-refractivity contribution in [3.63, 3.8) is 0 Å². The highest BCUT2D eigenvalue weighted by molar-refractivity contribution is 7.22. The van der Waals surface area contributed by atoms with Gasteiger partial charge in [0.1, 0.15) is 11.1 Å². The quantitative estimate of drug-likeness (QED) is 0.368. The third-order valence-electron chi connectivity index (χ3n) is 5.15. The number of fused-ring (bicyclic) bond motifs is 2. The van der Waals surface area contributed by atoms with E-state index >= 15 is 0 Å². The second-order valence-corrected chi connectivity index (χ2v) is 9.03. The van der Waals surface area contributed by atoms with Crippen LogP contribution in [0.5, 0.6) is 0 Å². The minimum atomic E-state index is -0.630. The van der Waals surface area contributed by atoms with Crippen LogP contribution in [-0.2, 0) is 0 Å². The SMILES string of the molecule is Cc1cc(C)c2nc(N(CCCN(C)C)C(=O)c3cc4ccccc4oc3=O)sc2c1.Cl. The van der Waals surface area contributed by atoms with Crippen molar-refractivity contribution in [1.82, 2.24) is 9.88 Å². The number of para-hydroxylation sites is 1. The molecule has 2 heterocycles. The highest BCUT2D eigenvalue weighted by Crippen LogP contribution is 2.32. The van der Waals surface area contributed by atoms with Crippen LogP contribution in [0.3, 0.4) is 0 Å². The number of carbonyl (C=O) groups excluding carboxylic acids is 1. The number of nitrogens with zero attached hydrogens (tertiary/aromatic N) is 3. The Morgan fingerprint density at radius 3 is 2.59 bits per heavy atom. The molecule has 6 nitrogen and oxygen atoms in total. The number of aromatic nitrogens is 1. The molecule has 32 heavy (non-hydrogen) atoms. The van der Waals surface area contributed by atoms with Crippen LogP contribution in [-0.4, -0.2) is 43.0 Å². The fraction of sp³-hybridized carbons (Fsp3) is 0.292. The van der Waals surface area contributed by atoms with Crippen molar-refractivity contribution < 1.29 is 9.21 Å². The standard InChI is InChI=1S/C24H25N3O3S.ClH/c1-15-12-16(2)21-20(13-15)31-24(25-21)27(11-7-10-26(3)4)22(28)18-14-17-8-5-6-9-19(17)30-23(18)29;/h5-6,8-9,12-14H,7,10-11H2,1-4H3;1H. The molecule has 0 saturated heterocycles. The summed E-state index contributed by atoms with van der Waals surface area (Å²) in [6.07, 6.45) is 0.756. The minimum Gasteiger partial charge on any atom is -0.422 e. The van der Waals surface area contributed by atoms with Crippen molar-refractivity contribution in [3.05, 3.63) is 69.6 Å². The molecule has 2 aromatic heterocycles. The average Bonchev–Trinajstić information content (AvgIpc) is 3.14. The Hall–Kier alpha value is -2.74. The van der Waals surface area contributed by atoms with Gasteiger partial charge in [-0.15, -0.1) is 12.4 Å². The lowest BCUT2D eigenvalue weighted by atomic mass is 10.1. The van der Waals surface area contributed by atoms with E-state index in [1.165, 1.54) is 11.3 Å². The average molecular weight is 472 g/mol. The topological polar surface area (TPSA) is 66.7 Å². The predicted molar refractivity (Wildman–Crippen MR) is 134 cm³/mol. The second kappa shape index (κ2) is 9.81. The molecule has 0 unspecified atom stereocenters. The summed E-state index contributed by atoms with van der Waals surface area (Å²) >= 11 is 1.47. The first-order valence-electron chi connectivity index (χ1n) is 10.2. The lowest BCUT2D eigenvalue weighted by Gasteiger charge is -2.20. The van der Waals surface area contributed by atoms with Gasteiger partial charge in [0.05, 0.1) is 10.2 Å². The number of benzene rings is 2. The first kappa shape index (κ1) is 23.9. The summed E-state index contributed by atoms with van der Waals surface area (Å²) in [5.41, 5.74) is 2.98. The van der Waals surface area contributed by atoms with Crippen LogP contribution in [0.25, 0.3) is 21.2 Å². The molecule has 0 radical (unpaired) electrons. The van der Waals surface area contributed by atoms with Crippen LogP contribution in [0.2, 0.25) is 0 Å². The molecular weight excluding hydrogens is 446 g/mol. The summed E-state index contributed by atoms with van der Waals surface area (Å²) in [7, 11) is 3.99. The number of anilines is 1. The molecule has 4 rings (SSSR count). The fourth-order valence-corrected chi connectivity index (χ4v) is 4.83. The molecule has 0 aliphatic carbocycles. The van der Waals surface area contributed by atoms with Gasteiger partial charge in [-0.1, -0.05) is 35.6 Å².